The van der Waals surface area contributed by atoms with Crippen molar-refractivity contribution in [3.05, 3.63) is 12.2 Å². The number of carbonyl (C=O) groups is 2. The molecule has 0 radical (unpaired) electrons. The zero-order chi connectivity index (χ0) is 11.0. The zero-order valence-corrected chi connectivity index (χ0v) is 8.09. The molecular weight excluding hydrogens is 182 g/mol. The molecule has 0 unspecified atom stereocenters. The van der Waals surface area contributed by atoms with E-state index in [1.807, 2.05) is 0 Å². The van der Waals surface area contributed by atoms with Crippen molar-refractivity contribution >= 4 is 11.8 Å². The van der Waals surface area contributed by atoms with Crippen LogP contribution >= 0.6 is 0 Å². The lowest BCUT2D eigenvalue weighted by Crippen LogP contribution is -2.34. The Morgan fingerprint density at radius 2 is 1.93 bits per heavy atom. The lowest BCUT2D eigenvalue weighted by atomic mass is 10.3. The molecule has 0 bridgehead atoms. The van der Waals surface area contributed by atoms with Crippen LogP contribution in [0.25, 0.3) is 0 Å². The number of hydrogen-bond donors (Lipinski definition) is 2. The Hall–Kier alpha value is -1.83. The highest BCUT2D eigenvalue weighted by atomic mass is 16.2. The molecule has 0 rings (SSSR count). The first-order valence-corrected chi connectivity index (χ1v) is 4.15. The van der Waals surface area contributed by atoms with Crippen LogP contribution in [0, 0.1) is 11.3 Å². The summed E-state index contributed by atoms with van der Waals surface area (Å²) >= 11 is 0. The summed E-state index contributed by atoms with van der Waals surface area (Å²) in [5, 5.41) is 13.2. The highest BCUT2D eigenvalue weighted by Crippen LogP contribution is 1.83. The van der Waals surface area contributed by atoms with Crippen LogP contribution in [-0.2, 0) is 9.59 Å². The molecule has 0 aromatic rings. The van der Waals surface area contributed by atoms with E-state index in [9.17, 15) is 9.59 Å². The highest BCUT2D eigenvalue weighted by Gasteiger charge is 2.01. The van der Waals surface area contributed by atoms with Crippen LogP contribution in [0.4, 0.5) is 0 Å². The van der Waals surface area contributed by atoms with Gasteiger partial charge in [0.05, 0.1) is 6.07 Å². The number of nitriles is 1. The number of amides is 2. The topological polar surface area (TPSA) is 82.0 Å². The van der Waals surface area contributed by atoms with Crippen LogP contribution in [0.15, 0.2) is 12.2 Å². The van der Waals surface area contributed by atoms with Crippen molar-refractivity contribution in [3.63, 3.8) is 0 Å². The average molecular weight is 195 g/mol. The molecule has 0 aliphatic carbocycles. The van der Waals surface area contributed by atoms with Gasteiger partial charge in [-0.25, -0.2) is 0 Å². The van der Waals surface area contributed by atoms with E-state index in [0.717, 1.165) is 0 Å². The van der Waals surface area contributed by atoms with E-state index in [1.54, 1.807) is 13.0 Å². The van der Waals surface area contributed by atoms with Crippen molar-refractivity contribution in [1.29, 1.82) is 5.26 Å². The maximum Gasteiger partial charge on any atom is 0.246 e. The monoisotopic (exact) mass is 195 g/mol. The standard InChI is InChI=1S/C9H13N3O2/c1-7(2)9(14)12-6-5-11-8(13)3-4-10/h1,3,5-6H2,2H3,(H,11,13)(H,12,14). The summed E-state index contributed by atoms with van der Waals surface area (Å²) in [6, 6.07) is 1.72. The van der Waals surface area contributed by atoms with Crippen molar-refractivity contribution in [3.8, 4) is 6.07 Å². The number of rotatable bonds is 5. The molecule has 5 heteroatoms. The van der Waals surface area contributed by atoms with E-state index in [2.05, 4.69) is 17.2 Å². The molecule has 0 aromatic heterocycles. The van der Waals surface area contributed by atoms with Gasteiger partial charge in [0.2, 0.25) is 11.8 Å². The number of nitrogens with one attached hydrogen (secondary N) is 2. The molecule has 76 valence electrons. The number of carbonyl (C=O) groups excluding carboxylic acids is 2. The molecule has 14 heavy (non-hydrogen) atoms. The van der Waals surface area contributed by atoms with Crippen molar-refractivity contribution < 1.29 is 9.59 Å². The summed E-state index contributed by atoms with van der Waals surface area (Å²) in [6.45, 7) is 5.71. The van der Waals surface area contributed by atoms with Gasteiger partial charge < -0.3 is 10.6 Å². The third kappa shape index (κ3) is 5.77. The van der Waals surface area contributed by atoms with Crippen molar-refractivity contribution in [1.82, 2.24) is 10.6 Å². The number of hydrogen-bond acceptors (Lipinski definition) is 3. The summed E-state index contributed by atoms with van der Waals surface area (Å²) in [5.74, 6) is -0.573. The normalized spacial score (nSPS) is 8.57. The van der Waals surface area contributed by atoms with Gasteiger partial charge in [-0.2, -0.15) is 5.26 Å². The zero-order valence-electron chi connectivity index (χ0n) is 8.09. The van der Waals surface area contributed by atoms with E-state index in [-0.39, 0.29) is 18.2 Å². The predicted octanol–water partition coefficient (Wildman–Crippen LogP) is -0.291. The average Bonchev–Trinajstić information content (AvgIpc) is 2.12. The lowest BCUT2D eigenvalue weighted by Gasteiger charge is -2.04. The minimum Gasteiger partial charge on any atom is -0.353 e. The Morgan fingerprint density at radius 1 is 1.36 bits per heavy atom. The SMILES string of the molecule is C=C(C)C(=O)NCCNC(=O)CC#N. The van der Waals surface area contributed by atoms with Gasteiger partial charge in [0.15, 0.2) is 0 Å². The van der Waals surface area contributed by atoms with Gasteiger partial charge in [-0.05, 0) is 6.92 Å². The summed E-state index contributed by atoms with van der Waals surface area (Å²) in [7, 11) is 0. The first kappa shape index (κ1) is 12.2. The fourth-order valence-electron chi connectivity index (χ4n) is 0.663. The van der Waals surface area contributed by atoms with E-state index in [1.165, 1.54) is 0 Å². The minimum atomic E-state index is -0.336. The van der Waals surface area contributed by atoms with E-state index in [0.29, 0.717) is 18.7 Å². The lowest BCUT2D eigenvalue weighted by molar-refractivity contribution is -0.121. The predicted molar refractivity (Wildman–Crippen MR) is 51.1 cm³/mol. The summed E-state index contributed by atoms with van der Waals surface area (Å²) in [4.78, 5) is 21.7. The fraction of sp³-hybridized carbons (Fsp3) is 0.444. The molecule has 5 nitrogen and oxygen atoms in total. The molecule has 0 spiro atoms. The molecule has 0 atom stereocenters. The third-order valence-electron chi connectivity index (χ3n) is 1.36. The second-order valence-corrected chi connectivity index (χ2v) is 2.72. The van der Waals surface area contributed by atoms with Crippen molar-refractivity contribution in [2.45, 2.75) is 13.3 Å². The van der Waals surface area contributed by atoms with Crippen molar-refractivity contribution in [2.75, 3.05) is 13.1 Å². The molecule has 0 aromatic carbocycles. The van der Waals surface area contributed by atoms with Gasteiger partial charge in [0.25, 0.3) is 0 Å². The second kappa shape index (κ2) is 6.66. The quantitative estimate of drug-likeness (QED) is 0.467. The van der Waals surface area contributed by atoms with Crippen LogP contribution in [-0.4, -0.2) is 24.9 Å². The molecule has 0 aliphatic rings. The first-order chi connectivity index (χ1) is 6.57. The van der Waals surface area contributed by atoms with E-state index in [4.69, 9.17) is 5.26 Å². The first-order valence-electron chi connectivity index (χ1n) is 4.15. The Balaban J connectivity index is 3.48. The molecule has 2 amide bonds. The van der Waals surface area contributed by atoms with Crippen LogP contribution < -0.4 is 10.6 Å². The number of nitrogens with zero attached hydrogens (tertiary/aromatic N) is 1. The Morgan fingerprint density at radius 3 is 2.43 bits per heavy atom. The third-order valence-corrected chi connectivity index (χ3v) is 1.36. The second-order valence-electron chi connectivity index (χ2n) is 2.72. The summed E-state index contributed by atoms with van der Waals surface area (Å²) in [6.07, 6.45) is -0.158. The molecular formula is C9H13N3O2. The maximum atomic E-state index is 10.9. The Labute approximate surface area is 82.8 Å². The molecule has 0 saturated heterocycles. The highest BCUT2D eigenvalue weighted by molar-refractivity contribution is 5.92. The van der Waals surface area contributed by atoms with Gasteiger partial charge in [0.1, 0.15) is 6.42 Å². The molecule has 0 heterocycles. The Kier molecular flexibility index (Phi) is 5.79. The van der Waals surface area contributed by atoms with Crippen LogP contribution in [0.5, 0.6) is 0 Å². The van der Waals surface area contributed by atoms with Crippen LogP contribution in [0.2, 0.25) is 0 Å². The molecule has 0 saturated carbocycles. The van der Waals surface area contributed by atoms with Crippen LogP contribution in [0.1, 0.15) is 13.3 Å². The Bertz CT molecular complexity index is 278. The van der Waals surface area contributed by atoms with Gasteiger partial charge >= 0.3 is 0 Å². The smallest absolute Gasteiger partial charge is 0.246 e. The van der Waals surface area contributed by atoms with E-state index >= 15 is 0 Å². The molecule has 0 aliphatic heterocycles. The maximum absolute atomic E-state index is 10.9. The van der Waals surface area contributed by atoms with Crippen molar-refractivity contribution in [2.24, 2.45) is 0 Å². The van der Waals surface area contributed by atoms with Gasteiger partial charge in [-0.1, -0.05) is 6.58 Å². The van der Waals surface area contributed by atoms with Gasteiger partial charge in [-0.3, -0.25) is 9.59 Å². The van der Waals surface area contributed by atoms with Crippen LogP contribution in [0.3, 0.4) is 0 Å². The largest absolute Gasteiger partial charge is 0.353 e. The van der Waals surface area contributed by atoms with Gasteiger partial charge in [0, 0.05) is 18.7 Å². The minimum absolute atomic E-state index is 0.158. The van der Waals surface area contributed by atoms with E-state index < -0.39 is 0 Å². The molecule has 0 fully saturated rings. The summed E-state index contributed by atoms with van der Waals surface area (Å²) < 4.78 is 0. The fourth-order valence-corrected chi connectivity index (χ4v) is 0.663. The molecule has 2 N–H and O–H groups in total. The van der Waals surface area contributed by atoms with Gasteiger partial charge in [-0.15, -0.1) is 0 Å². The summed E-state index contributed by atoms with van der Waals surface area (Å²) in [5.41, 5.74) is 0.424.